The molecule has 2 heteroatoms. The van der Waals surface area contributed by atoms with Crippen LogP contribution in [0.3, 0.4) is 0 Å². The van der Waals surface area contributed by atoms with Crippen LogP contribution in [0.25, 0.3) is 0 Å². The molecule has 11 heavy (non-hydrogen) atoms. The molecule has 0 amide bonds. The second-order valence-electron chi connectivity index (χ2n) is 2.92. The minimum Gasteiger partial charge on any atom is -0.389 e. The Hall–Kier alpha value is -0.340. The number of aliphatic hydroxyl groups is 1. The Morgan fingerprint density at radius 3 is 3.18 bits per heavy atom. The van der Waals surface area contributed by atoms with Gasteiger partial charge in [-0.1, -0.05) is 6.08 Å². The van der Waals surface area contributed by atoms with Crippen LogP contribution in [0, 0.1) is 0 Å². The Morgan fingerprint density at radius 1 is 1.73 bits per heavy atom. The lowest BCUT2D eigenvalue weighted by molar-refractivity contribution is 0.157. The van der Waals surface area contributed by atoms with Crippen molar-refractivity contribution >= 4 is 0 Å². The van der Waals surface area contributed by atoms with Crippen LogP contribution in [0.5, 0.6) is 0 Å². The van der Waals surface area contributed by atoms with Gasteiger partial charge in [-0.25, -0.2) is 0 Å². The molecule has 0 radical (unpaired) electrons. The van der Waals surface area contributed by atoms with Gasteiger partial charge in [0.15, 0.2) is 0 Å². The van der Waals surface area contributed by atoms with Crippen molar-refractivity contribution in [2.24, 2.45) is 0 Å². The van der Waals surface area contributed by atoms with Crippen molar-refractivity contribution in [2.75, 3.05) is 13.2 Å². The largest absolute Gasteiger partial charge is 0.389 e. The zero-order chi connectivity index (χ0) is 8.10. The summed E-state index contributed by atoms with van der Waals surface area (Å²) >= 11 is 0. The molecular weight excluding hydrogens is 140 g/mol. The van der Waals surface area contributed by atoms with Crippen molar-refractivity contribution in [1.29, 1.82) is 0 Å². The van der Waals surface area contributed by atoms with Crippen molar-refractivity contribution in [3.63, 3.8) is 0 Å². The Bertz CT molecular complexity index is 140. The standard InChI is InChI=1S/C9H16O2/c1-2-11-7-8-4-3-5-9(10)6-8/h6,9-10H,2-5,7H2,1H3. The summed E-state index contributed by atoms with van der Waals surface area (Å²) in [7, 11) is 0. The van der Waals surface area contributed by atoms with E-state index >= 15 is 0 Å². The van der Waals surface area contributed by atoms with Crippen LogP contribution >= 0.6 is 0 Å². The van der Waals surface area contributed by atoms with Crippen LogP contribution in [0.15, 0.2) is 11.6 Å². The van der Waals surface area contributed by atoms with Gasteiger partial charge in [-0.2, -0.15) is 0 Å². The molecule has 0 aromatic heterocycles. The van der Waals surface area contributed by atoms with E-state index in [1.165, 1.54) is 5.57 Å². The number of hydrogen-bond donors (Lipinski definition) is 1. The van der Waals surface area contributed by atoms with E-state index in [1.807, 2.05) is 13.0 Å². The maximum absolute atomic E-state index is 9.25. The average Bonchev–Trinajstić information content (AvgIpc) is 2.01. The van der Waals surface area contributed by atoms with E-state index in [9.17, 15) is 5.11 Å². The van der Waals surface area contributed by atoms with Crippen LogP contribution in [0.4, 0.5) is 0 Å². The van der Waals surface area contributed by atoms with Gasteiger partial charge < -0.3 is 9.84 Å². The predicted octanol–water partition coefficient (Wildman–Crippen LogP) is 1.49. The van der Waals surface area contributed by atoms with Crippen molar-refractivity contribution in [3.05, 3.63) is 11.6 Å². The summed E-state index contributed by atoms with van der Waals surface area (Å²) in [5.41, 5.74) is 1.26. The zero-order valence-electron chi connectivity index (χ0n) is 7.05. The van der Waals surface area contributed by atoms with Crippen LogP contribution < -0.4 is 0 Å². The Morgan fingerprint density at radius 2 is 2.55 bits per heavy atom. The summed E-state index contributed by atoms with van der Waals surface area (Å²) in [5.74, 6) is 0. The highest BCUT2D eigenvalue weighted by Gasteiger charge is 2.09. The van der Waals surface area contributed by atoms with Crippen molar-refractivity contribution in [3.8, 4) is 0 Å². The molecule has 0 fully saturated rings. The van der Waals surface area contributed by atoms with Gasteiger partial charge in [0.2, 0.25) is 0 Å². The third kappa shape index (κ3) is 3.04. The number of hydrogen-bond acceptors (Lipinski definition) is 2. The van der Waals surface area contributed by atoms with E-state index < -0.39 is 0 Å². The summed E-state index contributed by atoms with van der Waals surface area (Å²) in [4.78, 5) is 0. The highest BCUT2D eigenvalue weighted by atomic mass is 16.5. The molecule has 0 saturated heterocycles. The minimum atomic E-state index is -0.223. The van der Waals surface area contributed by atoms with Gasteiger partial charge in [0.05, 0.1) is 12.7 Å². The second kappa shape index (κ2) is 4.52. The maximum Gasteiger partial charge on any atom is 0.0724 e. The third-order valence-electron chi connectivity index (χ3n) is 1.92. The zero-order valence-corrected chi connectivity index (χ0v) is 7.05. The molecule has 1 atom stereocenters. The smallest absolute Gasteiger partial charge is 0.0724 e. The summed E-state index contributed by atoms with van der Waals surface area (Å²) in [6, 6.07) is 0. The maximum atomic E-state index is 9.25. The van der Waals surface area contributed by atoms with Gasteiger partial charge in [-0.05, 0) is 31.8 Å². The first-order valence-corrected chi connectivity index (χ1v) is 4.28. The molecule has 1 aliphatic rings. The topological polar surface area (TPSA) is 29.5 Å². The molecule has 0 heterocycles. The molecule has 0 aromatic carbocycles. The number of aliphatic hydroxyl groups excluding tert-OH is 1. The van der Waals surface area contributed by atoms with Gasteiger partial charge in [-0.3, -0.25) is 0 Å². The van der Waals surface area contributed by atoms with E-state index in [4.69, 9.17) is 4.74 Å². The first-order valence-electron chi connectivity index (χ1n) is 4.28. The van der Waals surface area contributed by atoms with Crippen LogP contribution in [-0.2, 0) is 4.74 Å². The molecule has 1 aliphatic carbocycles. The van der Waals surface area contributed by atoms with Crippen molar-refractivity contribution in [1.82, 2.24) is 0 Å². The van der Waals surface area contributed by atoms with Gasteiger partial charge in [0, 0.05) is 6.61 Å². The molecule has 64 valence electrons. The fraction of sp³-hybridized carbons (Fsp3) is 0.778. The first kappa shape index (κ1) is 8.75. The summed E-state index contributed by atoms with van der Waals surface area (Å²) < 4.78 is 5.24. The molecular formula is C9H16O2. The van der Waals surface area contributed by atoms with Gasteiger partial charge in [0.1, 0.15) is 0 Å². The molecule has 0 saturated carbocycles. The lowest BCUT2D eigenvalue weighted by Gasteiger charge is -2.16. The minimum absolute atomic E-state index is 0.223. The molecule has 0 spiro atoms. The molecule has 0 aromatic rings. The summed E-state index contributed by atoms with van der Waals surface area (Å²) in [5, 5.41) is 9.25. The van der Waals surface area contributed by atoms with E-state index in [0.717, 1.165) is 25.9 Å². The third-order valence-corrected chi connectivity index (χ3v) is 1.92. The normalized spacial score (nSPS) is 24.9. The highest BCUT2D eigenvalue weighted by molar-refractivity contribution is 5.08. The molecule has 1 unspecified atom stereocenters. The molecule has 0 bridgehead atoms. The predicted molar refractivity (Wildman–Crippen MR) is 44.4 cm³/mol. The second-order valence-corrected chi connectivity index (χ2v) is 2.92. The van der Waals surface area contributed by atoms with Crippen LogP contribution in [0.1, 0.15) is 26.2 Å². The number of ether oxygens (including phenoxy) is 1. The lowest BCUT2D eigenvalue weighted by atomic mass is 9.98. The van der Waals surface area contributed by atoms with Crippen molar-refractivity contribution < 1.29 is 9.84 Å². The quantitative estimate of drug-likeness (QED) is 0.627. The molecule has 0 aliphatic heterocycles. The van der Waals surface area contributed by atoms with E-state index in [1.54, 1.807) is 0 Å². The molecule has 1 N–H and O–H groups in total. The monoisotopic (exact) mass is 156 g/mol. The Kier molecular flexibility index (Phi) is 3.60. The SMILES string of the molecule is CCOCC1=CC(O)CCC1. The van der Waals surface area contributed by atoms with Crippen LogP contribution in [-0.4, -0.2) is 24.4 Å². The highest BCUT2D eigenvalue weighted by Crippen LogP contribution is 2.17. The molecule has 1 rings (SSSR count). The van der Waals surface area contributed by atoms with Gasteiger partial charge in [-0.15, -0.1) is 0 Å². The van der Waals surface area contributed by atoms with Gasteiger partial charge >= 0.3 is 0 Å². The Balaban J connectivity index is 2.31. The fourth-order valence-electron chi connectivity index (χ4n) is 1.33. The van der Waals surface area contributed by atoms with E-state index in [0.29, 0.717) is 6.61 Å². The van der Waals surface area contributed by atoms with E-state index in [2.05, 4.69) is 0 Å². The van der Waals surface area contributed by atoms with Gasteiger partial charge in [0.25, 0.3) is 0 Å². The summed E-state index contributed by atoms with van der Waals surface area (Å²) in [6.07, 6.45) is 4.81. The fourth-order valence-corrected chi connectivity index (χ4v) is 1.33. The van der Waals surface area contributed by atoms with Crippen LogP contribution in [0.2, 0.25) is 0 Å². The first-order chi connectivity index (χ1) is 5.33. The van der Waals surface area contributed by atoms with Crippen molar-refractivity contribution in [2.45, 2.75) is 32.3 Å². The molecule has 2 nitrogen and oxygen atoms in total. The lowest BCUT2D eigenvalue weighted by Crippen LogP contribution is -2.11. The van der Waals surface area contributed by atoms with E-state index in [-0.39, 0.29) is 6.10 Å². The Labute approximate surface area is 67.9 Å². The number of rotatable bonds is 3. The average molecular weight is 156 g/mol. The summed E-state index contributed by atoms with van der Waals surface area (Å²) in [6.45, 7) is 3.45.